The van der Waals surface area contributed by atoms with Crippen molar-refractivity contribution >= 4 is 11.8 Å². The topological polar surface area (TPSA) is 40.6 Å². The van der Waals surface area contributed by atoms with Gasteiger partial charge in [0, 0.05) is 38.2 Å². The summed E-state index contributed by atoms with van der Waals surface area (Å²) in [7, 11) is 0. The Labute approximate surface area is 139 Å². The summed E-state index contributed by atoms with van der Waals surface area (Å²) in [6.45, 7) is 1.77. The van der Waals surface area contributed by atoms with E-state index in [0.29, 0.717) is 38.5 Å². The molecule has 128 valence electrons. The summed E-state index contributed by atoms with van der Waals surface area (Å²) in [5, 5.41) is 0. The lowest BCUT2D eigenvalue weighted by atomic mass is 10.0. The van der Waals surface area contributed by atoms with Gasteiger partial charge in [0.25, 0.3) is 5.91 Å². The number of rotatable bonds is 3. The summed E-state index contributed by atoms with van der Waals surface area (Å²) < 4.78 is 26.2. The highest BCUT2D eigenvalue weighted by Crippen LogP contribution is 2.22. The number of carbonyl (C=O) groups excluding carboxylic acids is 2. The average Bonchev–Trinajstić information content (AvgIpc) is 3.10. The van der Waals surface area contributed by atoms with Gasteiger partial charge in [-0.2, -0.15) is 0 Å². The van der Waals surface area contributed by atoms with Crippen LogP contribution in [0.3, 0.4) is 0 Å². The summed E-state index contributed by atoms with van der Waals surface area (Å²) in [5.41, 5.74) is 0.129. The van der Waals surface area contributed by atoms with Crippen molar-refractivity contribution in [2.24, 2.45) is 5.92 Å². The van der Waals surface area contributed by atoms with Crippen LogP contribution in [0.5, 0.6) is 0 Å². The number of nitrogens with zero attached hydrogens (tertiary/aromatic N) is 2. The van der Waals surface area contributed by atoms with Crippen molar-refractivity contribution in [1.29, 1.82) is 0 Å². The van der Waals surface area contributed by atoms with Gasteiger partial charge in [-0.05, 0) is 37.0 Å². The molecular weight excluding hydrogens is 314 g/mol. The zero-order chi connectivity index (χ0) is 17.1. The highest BCUT2D eigenvalue weighted by Gasteiger charge is 2.26. The van der Waals surface area contributed by atoms with Gasteiger partial charge in [-0.3, -0.25) is 9.59 Å². The van der Waals surface area contributed by atoms with Crippen LogP contribution < -0.4 is 0 Å². The molecule has 0 N–H and O–H groups in total. The van der Waals surface area contributed by atoms with Crippen molar-refractivity contribution in [3.05, 3.63) is 47.5 Å². The molecule has 0 aromatic heterocycles. The fourth-order valence-corrected chi connectivity index (χ4v) is 3.19. The minimum absolute atomic E-state index is 0.117. The molecule has 2 amide bonds. The van der Waals surface area contributed by atoms with E-state index in [9.17, 15) is 18.4 Å². The smallest absolute Gasteiger partial charge is 0.254 e. The largest absolute Gasteiger partial charge is 0.339 e. The predicted octanol–water partition coefficient (Wildman–Crippen LogP) is 2.61. The molecule has 3 rings (SSSR count). The standard InChI is InChI=1S/C18H20F2N2O2/c19-15-6-5-14(12-16(15)20)18(24)22-9-7-21(8-10-22)17(23)11-13-3-1-2-4-13/h1,3,5-6,12-13H,2,4,7-11H2. The van der Waals surface area contributed by atoms with E-state index in [1.165, 1.54) is 6.07 Å². The predicted molar refractivity (Wildman–Crippen MR) is 85.3 cm³/mol. The third kappa shape index (κ3) is 3.63. The molecule has 0 spiro atoms. The molecule has 2 aliphatic rings. The van der Waals surface area contributed by atoms with Gasteiger partial charge in [-0.25, -0.2) is 8.78 Å². The molecule has 1 fully saturated rings. The van der Waals surface area contributed by atoms with Crippen molar-refractivity contribution in [1.82, 2.24) is 9.80 Å². The van der Waals surface area contributed by atoms with E-state index in [-0.39, 0.29) is 17.4 Å². The van der Waals surface area contributed by atoms with Crippen LogP contribution in [-0.2, 0) is 4.79 Å². The van der Waals surface area contributed by atoms with Gasteiger partial charge >= 0.3 is 0 Å². The van der Waals surface area contributed by atoms with Crippen LogP contribution >= 0.6 is 0 Å². The first kappa shape index (κ1) is 16.6. The van der Waals surface area contributed by atoms with Crippen LogP contribution in [0, 0.1) is 17.6 Å². The molecule has 1 saturated heterocycles. The van der Waals surface area contributed by atoms with Crippen LogP contribution in [0.15, 0.2) is 30.4 Å². The van der Waals surface area contributed by atoms with Crippen molar-refractivity contribution < 1.29 is 18.4 Å². The second-order valence-electron chi connectivity index (χ2n) is 6.27. The molecule has 1 aliphatic heterocycles. The Morgan fingerprint density at radius 2 is 1.75 bits per heavy atom. The molecule has 1 aromatic rings. The minimum atomic E-state index is -1.03. The first-order valence-corrected chi connectivity index (χ1v) is 8.23. The molecule has 4 nitrogen and oxygen atoms in total. The Morgan fingerprint density at radius 1 is 1.04 bits per heavy atom. The van der Waals surface area contributed by atoms with Gasteiger partial charge in [-0.15, -0.1) is 0 Å². The summed E-state index contributed by atoms with van der Waals surface area (Å²) >= 11 is 0. The van der Waals surface area contributed by atoms with Crippen molar-refractivity contribution in [3.63, 3.8) is 0 Å². The molecule has 24 heavy (non-hydrogen) atoms. The van der Waals surface area contributed by atoms with E-state index in [1.807, 2.05) is 0 Å². The van der Waals surface area contributed by atoms with Gasteiger partial charge < -0.3 is 9.80 Å². The van der Waals surface area contributed by atoms with E-state index in [4.69, 9.17) is 0 Å². The molecule has 0 saturated carbocycles. The quantitative estimate of drug-likeness (QED) is 0.797. The number of allylic oxidation sites excluding steroid dienone is 2. The van der Waals surface area contributed by atoms with Crippen LogP contribution in [-0.4, -0.2) is 47.8 Å². The average molecular weight is 334 g/mol. The maximum atomic E-state index is 13.3. The van der Waals surface area contributed by atoms with Crippen molar-refractivity contribution in [2.45, 2.75) is 19.3 Å². The number of amides is 2. The van der Waals surface area contributed by atoms with Gasteiger partial charge in [-0.1, -0.05) is 12.2 Å². The molecule has 0 radical (unpaired) electrons. The first-order valence-electron chi connectivity index (χ1n) is 8.23. The van der Waals surface area contributed by atoms with Gasteiger partial charge in [0.05, 0.1) is 0 Å². The van der Waals surface area contributed by atoms with E-state index < -0.39 is 11.6 Å². The molecule has 0 bridgehead atoms. The molecule has 1 atom stereocenters. The SMILES string of the molecule is O=C(CC1C=CCC1)N1CCN(C(=O)c2ccc(F)c(F)c2)CC1. The summed E-state index contributed by atoms with van der Waals surface area (Å²) in [4.78, 5) is 28.0. The molecule has 1 aromatic carbocycles. The van der Waals surface area contributed by atoms with Crippen LogP contribution in [0.4, 0.5) is 8.78 Å². The van der Waals surface area contributed by atoms with Crippen LogP contribution in [0.25, 0.3) is 0 Å². The van der Waals surface area contributed by atoms with E-state index in [2.05, 4.69) is 12.2 Å². The van der Waals surface area contributed by atoms with Crippen LogP contribution in [0.1, 0.15) is 29.6 Å². The fraction of sp³-hybridized carbons (Fsp3) is 0.444. The third-order valence-electron chi connectivity index (χ3n) is 4.64. The number of hydrogen-bond donors (Lipinski definition) is 0. The zero-order valence-corrected chi connectivity index (χ0v) is 13.4. The summed E-state index contributed by atoms with van der Waals surface area (Å²) in [5.74, 6) is -1.88. The lowest BCUT2D eigenvalue weighted by Crippen LogP contribution is -2.50. The van der Waals surface area contributed by atoms with Gasteiger partial charge in [0.15, 0.2) is 11.6 Å². The Bertz CT molecular complexity index is 667. The molecule has 1 aliphatic carbocycles. The maximum Gasteiger partial charge on any atom is 0.254 e. The molecular formula is C18H20F2N2O2. The highest BCUT2D eigenvalue weighted by atomic mass is 19.2. The second kappa shape index (κ2) is 7.11. The Hall–Kier alpha value is -2.24. The summed E-state index contributed by atoms with van der Waals surface area (Å²) in [6, 6.07) is 3.16. The van der Waals surface area contributed by atoms with Crippen LogP contribution in [0.2, 0.25) is 0 Å². The lowest BCUT2D eigenvalue weighted by Gasteiger charge is -2.35. The molecule has 1 heterocycles. The van der Waals surface area contributed by atoms with Gasteiger partial charge in [0.2, 0.25) is 5.91 Å². The summed E-state index contributed by atoms with van der Waals surface area (Å²) in [6.07, 6.45) is 6.79. The Balaban J connectivity index is 1.54. The molecule has 6 heteroatoms. The number of halogens is 2. The minimum Gasteiger partial charge on any atom is -0.339 e. The highest BCUT2D eigenvalue weighted by molar-refractivity contribution is 5.94. The first-order chi connectivity index (χ1) is 11.5. The van der Waals surface area contributed by atoms with E-state index in [1.54, 1.807) is 9.80 Å². The van der Waals surface area contributed by atoms with Crippen molar-refractivity contribution in [3.8, 4) is 0 Å². The zero-order valence-electron chi connectivity index (χ0n) is 13.4. The molecule has 1 unspecified atom stereocenters. The fourth-order valence-electron chi connectivity index (χ4n) is 3.19. The second-order valence-corrected chi connectivity index (χ2v) is 6.27. The lowest BCUT2D eigenvalue weighted by molar-refractivity contribution is -0.133. The Kier molecular flexibility index (Phi) is 4.92. The van der Waals surface area contributed by atoms with E-state index >= 15 is 0 Å². The number of piperazine rings is 1. The normalized spacial score (nSPS) is 20.5. The van der Waals surface area contributed by atoms with Crippen molar-refractivity contribution in [2.75, 3.05) is 26.2 Å². The number of benzene rings is 1. The van der Waals surface area contributed by atoms with Gasteiger partial charge in [0.1, 0.15) is 0 Å². The number of carbonyl (C=O) groups is 2. The third-order valence-corrected chi connectivity index (χ3v) is 4.64. The number of hydrogen-bond acceptors (Lipinski definition) is 2. The Morgan fingerprint density at radius 3 is 2.38 bits per heavy atom. The maximum absolute atomic E-state index is 13.3. The monoisotopic (exact) mass is 334 g/mol. The van der Waals surface area contributed by atoms with E-state index in [0.717, 1.165) is 25.0 Å².